The van der Waals surface area contributed by atoms with Gasteiger partial charge in [0.15, 0.2) is 11.6 Å². The van der Waals surface area contributed by atoms with Crippen molar-refractivity contribution in [2.24, 2.45) is 5.92 Å². The maximum Gasteiger partial charge on any atom is 0.306 e. The number of esters is 1. The molecule has 0 saturated heterocycles. The molecule has 192 valence electrons. The second-order valence-electron chi connectivity index (χ2n) is 10.4. The van der Waals surface area contributed by atoms with Gasteiger partial charge < -0.3 is 15.8 Å². The van der Waals surface area contributed by atoms with Gasteiger partial charge in [-0.05, 0) is 77.0 Å². The molecule has 36 heavy (non-hydrogen) atoms. The van der Waals surface area contributed by atoms with Crippen molar-refractivity contribution >= 4 is 28.6 Å². The molecule has 0 unspecified atom stereocenters. The standard InChI is InChI=1S/C26H30F3N5O2/c1-13-9-18(16-11-17(27)23(30)22(29)21(16)28)33-19-12-31-25(34-24(13)19)32-15-7-5-14(6-8-15)10-20(35)36-26(2,3)4/h9,11-12,14-15H,5-8,10,30H2,1-4H3,(H,31,32,34). The fourth-order valence-corrected chi connectivity index (χ4v) is 4.50. The molecule has 1 aliphatic rings. The number of hydrogen-bond donors (Lipinski definition) is 2. The lowest BCUT2D eigenvalue weighted by Gasteiger charge is -2.29. The highest BCUT2D eigenvalue weighted by atomic mass is 19.2. The maximum atomic E-state index is 14.4. The molecule has 2 heterocycles. The highest BCUT2D eigenvalue weighted by Gasteiger charge is 2.26. The van der Waals surface area contributed by atoms with Crippen molar-refractivity contribution in [3.63, 3.8) is 0 Å². The number of aryl methyl sites for hydroxylation is 1. The third-order valence-electron chi connectivity index (χ3n) is 6.26. The number of nitrogens with one attached hydrogen (secondary N) is 1. The van der Waals surface area contributed by atoms with Crippen LogP contribution in [0.1, 0.15) is 58.4 Å². The topological polar surface area (TPSA) is 103 Å². The van der Waals surface area contributed by atoms with Gasteiger partial charge in [0.25, 0.3) is 0 Å². The van der Waals surface area contributed by atoms with E-state index >= 15 is 0 Å². The van der Waals surface area contributed by atoms with Gasteiger partial charge in [-0.25, -0.2) is 28.1 Å². The molecular formula is C26H30F3N5O2. The number of halogens is 3. The van der Waals surface area contributed by atoms with Crippen molar-refractivity contribution in [3.8, 4) is 11.3 Å². The van der Waals surface area contributed by atoms with E-state index in [2.05, 4.69) is 20.3 Å². The van der Waals surface area contributed by atoms with Gasteiger partial charge in [-0.1, -0.05) is 0 Å². The molecule has 0 amide bonds. The van der Waals surface area contributed by atoms with E-state index in [0.717, 1.165) is 31.7 Å². The summed E-state index contributed by atoms with van der Waals surface area (Å²) < 4.78 is 47.7. The third-order valence-corrected chi connectivity index (χ3v) is 6.26. The predicted octanol–water partition coefficient (Wildman–Crippen LogP) is 5.70. The zero-order valence-electron chi connectivity index (χ0n) is 20.8. The lowest BCUT2D eigenvalue weighted by molar-refractivity contribution is -0.156. The quantitative estimate of drug-likeness (QED) is 0.263. The zero-order valence-corrected chi connectivity index (χ0v) is 20.8. The fraction of sp³-hybridized carbons (Fsp3) is 0.462. The average molecular weight is 502 g/mol. The van der Waals surface area contributed by atoms with Crippen LogP contribution in [-0.4, -0.2) is 32.6 Å². The summed E-state index contributed by atoms with van der Waals surface area (Å²) in [6, 6.07) is 2.52. The molecule has 0 bridgehead atoms. The molecule has 1 aromatic carbocycles. The number of ether oxygens (including phenoxy) is 1. The van der Waals surface area contributed by atoms with E-state index in [1.54, 1.807) is 6.92 Å². The first-order valence-corrected chi connectivity index (χ1v) is 12.0. The number of nitrogens with zero attached hydrogens (tertiary/aromatic N) is 3. The molecule has 1 aliphatic carbocycles. The molecule has 3 N–H and O–H groups in total. The Bertz CT molecular complexity index is 1300. The van der Waals surface area contributed by atoms with Crippen molar-refractivity contribution in [2.75, 3.05) is 11.1 Å². The summed E-state index contributed by atoms with van der Waals surface area (Å²) in [5.74, 6) is -3.19. The first kappa shape index (κ1) is 25.7. The van der Waals surface area contributed by atoms with Crippen molar-refractivity contribution < 1.29 is 22.7 Å². The van der Waals surface area contributed by atoms with Gasteiger partial charge in [-0.3, -0.25) is 4.79 Å². The minimum atomic E-state index is -1.44. The Kier molecular flexibility index (Phi) is 7.06. The van der Waals surface area contributed by atoms with E-state index in [1.807, 2.05) is 20.8 Å². The van der Waals surface area contributed by atoms with Gasteiger partial charge in [0, 0.05) is 18.0 Å². The Hall–Kier alpha value is -3.43. The molecule has 1 fully saturated rings. The maximum absolute atomic E-state index is 14.4. The predicted molar refractivity (Wildman–Crippen MR) is 132 cm³/mol. The van der Waals surface area contributed by atoms with Crippen molar-refractivity contribution in [2.45, 2.75) is 71.4 Å². The van der Waals surface area contributed by atoms with Crippen LogP contribution in [0.25, 0.3) is 22.3 Å². The van der Waals surface area contributed by atoms with E-state index in [9.17, 15) is 18.0 Å². The third kappa shape index (κ3) is 5.68. The first-order chi connectivity index (χ1) is 16.9. The number of anilines is 2. The summed E-state index contributed by atoms with van der Waals surface area (Å²) in [5.41, 5.74) is 5.19. The first-order valence-electron chi connectivity index (χ1n) is 12.0. The van der Waals surface area contributed by atoms with Crippen LogP contribution >= 0.6 is 0 Å². The number of pyridine rings is 1. The number of hydrogen-bond acceptors (Lipinski definition) is 7. The smallest absolute Gasteiger partial charge is 0.306 e. The van der Waals surface area contributed by atoms with Gasteiger partial charge in [0.05, 0.1) is 17.4 Å². The van der Waals surface area contributed by atoms with E-state index in [-0.39, 0.29) is 23.3 Å². The number of benzene rings is 1. The van der Waals surface area contributed by atoms with Gasteiger partial charge in [0.1, 0.15) is 22.6 Å². The van der Waals surface area contributed by atoms with Gasteiger partial charge >= 0.3 is 5.97 Å². The summed E-state index contributed by atoms with van der Waals surface area (Å²) in [4.78, 5) is 25.3. The lowest BCUT2D eigenvalue weighted by Crippen LogP contribution is -2.30. The molecule has 0 radical (unpaired) electrons. The van der Waals surface area contributed by atoms with Gasteiger partial charge in [-0.2, -0.15) is 0 Å². The number of carbonyl (C=O) groups is 1. The van der Waals surface area contributed by atoms with Crippen molar-refractivity contribution in [1.82, 2.24) is 15.0 Å². The van der Waals surface area contributed by atoms with Crippen LogP contribution in [-0.2, 0) is 9.53 Å². The number of fused-ring (bicyclic) bond motifs is 1. The van der Waals surface area contributed by atoms with Crippen molar-refractivity contribution in [3.05, 3.63) is 41.3 Å². The highest BCUT2D eigenvalue weighted by Crippen LogP contribution is 2.32. The molecule has 0 aliphatic heterocycles. The SMILES string of the molecule is Cc1cc(-c2cc(F)c(N)c(F)c2F)nc2cnc(NC3CCC(CC(=O)OC(C)(C)C)CC3)nc12. The number of carbonyl (C=O) groups excluding carboxylic acids is 1. The Morgan fingerprint density at radius 2 is 1.81 bits per heavy atom. The van der Waals surface area contributed by atoms with Crippen LogP contribution in [0.15, 0.2) is 18.3 Å². The van der Waals surface area contributed by atoms with Crippen LogP contribution in [0.4, 0.5) is 24.8 Å². The number of rotatable bonds is 5. The van der Waals surface area contributed by atoms with Crippen molar-refractivity contribution in [1.29, 1.82) is 0 Å². The molecule has 2 aromatic heterocycles. The average Bonchev–Trinajstić information content (AvgIpc) is 2.80. The Morgan fingerprint density at radius 1 is 1.11 bits per heavy atom. The van der Waals surface area contributed by atoms with Gasteiger partial charge in [0.2, 0.25) is 5.95 Å². The largest absolute Gasteiger partial charge is 0.460 e. The molecule has 10 heteroatoms. The minimum Gasteiger partial charge on any atom is -0.460 e. The monoisotopic (exact) mass is 501 g/mol. The number of nitrogen functional groups attached to an aromatic ring is 1. The number of nitrogens with two attached hydrogens (primary N) is 1. The molecule has 1 saturated carbocycles. The normalized spacial score (nSPS) is 18.3. The highest BCUT2D eigenvalue weighted by molar-refractivity contribution is 5.82. The second-order valence-corrected chi connectivity index (χ2v) is 10.4. The minimum absolute atomic E-state index is 0.0583. The second kappa shape index (κ2) is 9.91. The molecule has 3 aromatic rings. The molecular weight excluding hydrogens is 471 g/mol. The lowest BCUT2D eigenvalue weighted by atomic mass is 9.84. The van der Waals surface area contributed by atoms with Crippen LogP contribution < -0.4 is 11.1 Å². The van der Waals surface area contributed by atoms with E-state index in [1.165, 1.54) is 12.3 Å². The summed E-state index contributed by atoms with van der Waals surface area (Å²) in [5, 5.41) is 3.35. The molecule has 7 nitrogen and oxygen atoms in total. The fourth-order valence-electron chi connectivity index (χ4n) is 4.50. The van der Waals surface area contributed by atoms with E-state index < -0.39 is 28.7 Å². The van der Waals surface area contributed by atoms with Gasteiger partial charge in [-0.15, -0.1) is 0 Å². The van der Waals surface area contributed by atoms with Crippen LogP contribution in [0.3, 0.4) is 0 Å². The van der Waals surface area contributed by atoms with Crippen LogP contribution in [0.2, 0.25) is 0 Å². The Labute approximate surface area is 207 Å². The zero-order chi connectivity index (χ0) is 26.2. The Balaban J connectivity index is 1.45. The molecule has 0 atom stereocenters. The Morgan fingerprint density at radius 3 is 2.47 bits per heavy atom. The summed E-state index contributed by atoms with van der Waals surface area (Å²) in [6.07, 6.45) is 5.46. The molecule has 0 spiro atoms. The van der Waals surface area contributed by atoms with Crippen LogP contribution in [0.5, 0.6) is 0 Å². The van der Waals surface area contributed by atoms with E-state index in [0.29, 0.717) is 34.9 Å². The summed E-state index contributed by atoms with van der Waals surface area (Å²) in [6.45, 7) is 7.35. The summed E-state index contributed by atoms with van der Waals surface area (Å²) in [7, 11) is 0. The number of aromatic nitrogens is 3. The van der Waals surface area contributed by atoms with Crippen LogP contribution in [0, 0.1) is 30.3 Å². The molecule has 4 rings (SSSR count). The van der Waals surface area contributed by atoms with E-state index in [4.69, 9.17) is 10.5 Å². The summed E-state index contributed by atoms with van der Waals surface area (Å²) >= 11 is 0.